The smallest absolute Gasteiger partial charge is 0.311 e. The van der Waals surface area contributed by atoms with Crippen molar-refractivity contribution in [1.82, 2.24) is 0 Å². The van der Waals surface area contributed by atoms with Gasteiger partial charge in [0.15, 0.2) is 5.78 Å². The first-order chi connectivity index (χ1) is 21.5. The summed E-state index contributed by atoms with van der Waals surface area (Å²) in [6, 6.07) is 0. The Morgan fingerprint density at radius 3 is 1.48 bits per heavy atom. The SMILES string of the molecule is CC1=C(/C=C/C(C)=C/C=C/C(C)=C/C(=O)CC(=O)O)C(C)(C)CCC1.CC1=C(/C=C/C(C)=C/C=C/C(C)=C/C=O)C(C)(C)CCC1. The van der Waals surface area contributed by atoms with Crippen molar-refractivity contribution in [3.8, 4) is 0 Å². The van der Waals surface area contributed by atoms with Crippen LogP contribution in [0.15, 0.2) is 117 Å². The lowest BCUT2D eigenvalue weighted by Crippen LogP contribution is -2.19. The van der Waals surface area contributed by atoms with E-state index in [0.717, 1.165) is 23.0 Å². The predicted octanol–water partition coefficient (Wildman–Crippen LogP) is 11.3. The van der Waals surface area contributed by atoms with E-state index in [2.05, 4.69) is 78.8 Å². The maximum Gasteiger partial charge on any atom is 0.311 e. The molecule has 46 heavy (non-hydrogen) atoms. The van der Waals surface area contributed by atoms with Gasteiger partial charge in [0.2, 0.25) is 0 Å². The van der Waals surface area contributed by atoms with Gasteiger partial charge in [-0.2, -0.15) is 0 Å². The fourth-order valence-electron chi connectivity index (χ4n) is 5.93. The second-order valence-electron chi connectivity index (χ2n) is 14.0. The lowest BCUT2D eigenvalue weighted by atomic mass is 9.72. The summed E-state index contributed by atoms with van der Waals surface area (Å²) in [5.41, 5.74) is 10.5. The summed E-state index contributed by atoms with van der Waals surface area (Å²) >= 11 is 0. The number of carbonyl (C=O) groups excluding carboxylic acids is 2. The van der Waals surface area contributed by atoms with Gasteiger partial charge in [-0.25, -0.2) is 0 Å². The minimum Gasteiger partial charge on any atom is -0.481 e. The molecule has 2 aliphatic rings. The molecule has 0 saturated heterocycles. The molecule has 1 N–H and O–H groups in total. The van der Waals surface area contributed by atoms with E-state index in [1.54, 1.807) is 13.0 Å². The molecule has 0 aromatic rings. The molecule has 4 nitrogen and oxygen atoms in total. The number of carboxylic acid groups (broad SMARTS) is 1. The number of hydrogen-bond acceptors (Lipinski definition) is 3. The van der Waals surface area contributed by atoms with Crippen molar-refractivity contribution in [3.05, 3.63) is 117 Å². The zero-order valence-electron chi connectivity index (χ0n) is 30.1. The Bertz CT molecular complexity index is 1400. The number of allylic oxidation sites excluding steroid dienone is 20. The second kappa shape index (κ2) is 19.7. The molecule has 2 rings (SSSR count). The van der Waals surface area contributed by atoms with Gasteiger partial charge in [-0.05, 0) is 125 Å². The molecule has 4 heteroatoms. The summed E-state index contributed by atoms with van der Waals surface area (Å²) < 4.78 is 0. The third-order valence-corrected chi connectivity index (χ3v) is 8.59. The molecule has 0 aliphatic heterocycles. The number of aldehydes is 1. The van der Waals surface area contributed by atoms with E-state index in [0.29, 0.717) is 0 Å². The average Bonchev–Trinajstić information content (AvgIpc) is 2.91. The highest BCUT2D eigenvalue weighted by atomic mass is 16.4. The number of hydrogen-bond donors (Lipinski definition) is 1. The van der Waals surface area contributed by atoms with Crippen molar-refractivity contribution in [2.75, 3.05) is 0 Å². The molecule has 0 aromatic carbocycles. The molecule has 0 aromatic heterocycles. The average molecular weight is 627 g/mol. The lowest BCUT2D eigenvalue weighted by Gasteiger charge is -2.33. The zero-order chi connectivity index (χ0) is 34.9. The van der Waals surface area contributed by atoms with Crippen LogP contribution in [0.4, 0.5) is 0 Å². The molecule has 0 saturated carbocycles. The number of aliphatic carboxylic acids is 1. The molecule has 0 amide bonds. The molecule has 250 valence electrons. The van der Waals surface area contributed by atoms with Crippen LogP contribution in [0.1, 0.15) is 114 Å². The van der Waals surface area contributed by atoms with Crippen LogP contribution in [-0.4, -0.2) is 23.1 Å². The van der Waals surface area contributed by atoms with Crippen molar-refractivity contribution in [2.24, 2.45) is 10.8 Å². The lowest BCUT2D eigenvalue weighted by molar-refractivity contribution is -0.139. The summed E-state index contributed by atoms with van der Waals surface area (Å²) in [4.78, 5) is 32.2. The van der Waals surface area contributed by atoms with Crippen LogP contribution in [0.5, 0.6) is 0 Å². The van der Waals surface area contributed by atoms with Crippen molar-refractivity contribution >= 4 is 18.0 Å². The molecule has 0 unspecified atom stereocenters. The van der Waals surface area contributed by atoms with Crippen LogP contribution in [0.25, 0.3) is 0 Å². The Morgan fingerprint density at radius 1 is 0.674 bits per heavy atom. The minimum absolute atomic E-state index is 0.235. The highest BCUT2D eigenvalue weighted by Crippen LogP contribution is 2.41. The fraction of sp³-hybridized carbons (Fsp3) is 0.452. The highest BCUT2D eigenvalue weighted by Gasteiger charge is 2.27. The molecule has 0 fully saturated rings. The Balaban J connectivity index is 0.000000467. The molecule has 2 aliphatic carbocycles. The van der Waals surface area contributed by atoms with Crippen LogP contribution >= 0.6 is 0 Å². The van der Waals surface area contributed by atoms with E-state index in [4.69, 9.17) is 5.11 Å². The van der Waals surface area contributed by atoms with Crippen LogP contribution < -0.4 is 0 Å². The summed E-state index contributed by atoms with van der Waals surface area (Å²) in [5, 5.41) is 8.58. The van der Waals surface area contributed by atoms with Gasteiger partial charge in [0.25, 0.3) is 0 Å². The Kier molecular flexibility index (Phi) is 17.2. The molecule has 0 heterocycles. The van der Waals surface area contributed by atoms with Crippen LogP contribution in [0.2, 0.25) is 0 Å². The van der Waals surface area contributed by atoms with E-state index in [1.165, 1.54) is 72.5 Å². The van der Waals surface area contributed by atoms with E-state index in [-0.39, 0.29) is 10.8 Å². The predicted molar refractivity (Wildman–Crippen MR) is 196 cm³/mol. The summed E-state index contributed by atoms with van der Waals surface area (Å²) in [6.07, 6.45) is 31.3. The van der Waals surface area contributed by atoms with Gasteiger partial charge in [0.05, 0.1) is 0 Å². The summed E-state index contributed by atoms with van der Waals surface area (Å²) in [7, 11) is 0. The third kappa shape index (κ3) is 15.5. The highest BCUT2D eigenvalue weighted by molar-refractivity contribution is 6.01. The Labute approximate surface area is 279 Å². The van der Waals surface area contributed by atoms with Gasteiger partial charge in [-0.1, -0.05) is 111 Å². The molecule has 0 radical (unpaired) electrons. The van der Waals surface area contributed by atoms with Crippen molar-refractivity contribution in [3.63, 3.8) is 0 Å². The topological polar surface area (TPSA) is 71.4 Å². The Morgan fingerprint density at radius 2 is 1.09 bits per heavy atom. The fourth-order valence-corrected chi connectivity index (χ4v) is 5.93. The molecule has 0 spiro atoms. The monoisotopic (exact) mass is 626 g/mol. The third-order valence-electron chi connectivity index (χ3n) is 8.59. The largest absolute Gasteiger partial charge is 0.481 e. The Hall–Kier alpha value is -3.79. The first-order valence-corrected chi connectivity index (χ1v) is 16.5. The maximum atomic E-state index is 11.4. The summed E-state index contributed by atoms with van der Waals surface area (Å²) in [6.45, 7) is 21.6. The van der Waals surface area contributed by atoms with E-state index < -0.39 is 18.2 Å². The molecular weight excluding hydrogens is 568 g/mol. The normalized spacial score (nSPS) is 19.8. The van der Waals surface area contributed by atoms with E-state index in [9.17, 15) is 14.4 Å². The summed E-state index contributed by atoms with van der Waals surface area (Å²) in [5.74, 6) is -1.49. The van der Waals surface area contributed by atoms with Gasteiger partial charge in [-0.15, -0.1) is 0 Å². The van der Waals surface area contributed by atoms with Gasteiger partial charge in [-0.3, -0.25) is 14.4 Å². The first-order valence-electron chi connectivity index (χ1n) is 16.5. The van der Waals surface area contributed by atoms with Crippen LogP contribution in [0, 0.1) is 10.8 Å². The van der Waals surface area contributed by atoms with Crippen molar-refractivity contribution in [2.45, 2.75) is 114 Å². The quantitative estimate of drug-likeness (QED) is 0.101. The number of ketones is 1. The molecule has 0 bridgehead atoms. The second-order valence-corrected chi connectivity index (χ2v) is 14.0. The van der Waals surface area contributed by atoms with E-state index >= 15 is 0 Å². The van der Waals surface area contributed by atoms with Crippen molar-refractivity contribution in [1.29, 1.82) is 0 Å². The number of carboxylic acids is 1. The standard InChI is InChI=1S/C22H30O3.C20H28O/c1-16(8-6-9-17(2)14-19(23)15-21(24)25)11-12-20-18(3)10-7-13-22(20,4)5;1-16(8-6-9-17(2)13-15-21)11-12-19-18(3)10-7-14-20(19,4)5/h6,8-9,11-12,14H,7,10,13,15H2,1-5H3,(H,24,25);6,8-9,11-13,15H,7,10,14H2,1-5H3/b9-6+,12-11+,16-8+,17-14+;9-6+,12-11+,16-8+,17-13+. The molecular formula is C42H58O4. The molecule has 0 atom stereocenters. The number of carbonyl (C=O) groups is 3. The first kappa shape index (κ1) is 40.2. The van der Waals surface area contributed by atoms with E-state index in [1.807, 2.05) is 44.2 Å². The zero-order valence-corrected chi connectivity index (χ0v) is 30.1. The van der Waals surface area contributed by atoms with Crippen LogP contribution in [0.3, 0.4) is 0 Å². The van der Waals surface area contributed by atoms with Crippen LogP contribution in [-0.2, 0) is 14.4 Å². The minimum atomic E-state index is -1.10. The number of rotatable bonds is 12. The van der Waals surface area contributed by atoms with Gasteiger partial charge in [0, 0.05) is 0 Å². The van der Waals surface area contributed by atoms with Gasteiger partial charge in [0.1, 0.15) is 12.7 Å². The van der Waals surface area contributed by atoms with Crippen molar-refractivity contribution < 1.29 is 19.5 Å². The van der Waals surface area contributed by atoms with Gasteiger partial charge >= 0.3 is 5.97 Å². The van der Waals surface area contributed by atoms with Gasteiger partial charge < -0.3 is 5.11 Å². The maximum absolute atomic E-state index is 11.4.